The summed E-state index contributed by atoms with van der Waals surface area (Å²) in [7, 11) is 0. The first kappa shape index (κ1) is 10.8. The summed E-state index contributed by atoms with van der Waals surface area (Å²) >= 11 is 3.41. The molecule has 0 fully saturated rings. The maximum Gasteiger partial charge on any atom is 0.133 e. The molecule has 2 aromatic heterocycles. The molecule has 80 valence electrons. The molecule has 0 bridgehead atoms. The number of aromatic nitrogens is 1. The molecule has 2 nitrogen and oxygen atoms in total. The monoisotopic (exact) mass is 239 g/mol. The minimum Gasteiger partial charge on any atom is -0.396 e. The summed E-state index contributed by atoms with van der Waals surface area (Å²) in [6.07, 6.45) is 0. The molecule has 2 rings (SSSR count). The molecule has 1 unspecified atom stereocenters. The largest absolute Gasteiger partial charge is 0.396 e. The third kappa shape index (κ3) is 2.27. The van der Waals surface area contributed by atoms with Gasteiger partial charge in [0.15, 0.2) is 0 Å². The van der Waals surface area contributed by atoms with Crippen LogP contribution in [0.3, 0.4) is 0 Å². The van der Waals surface area contributed by atoms with Gasteiger partial charge < -0.3 is 5.11 Å². The molecule has 0 spiro atoms. The number of aryl methyl sites for hydroxylation is 1. The maximum absolute atomic E-state index is 9.04. The molecule has 0 aliphatic heterocycles. The molecular weight excluding hydrogens is 226 g/mol. The summed E-state index contributed by atoms with van der Waals surface area (Å²) in [5, 5.41) is 12.1. The van der Waals surface area contributed by atoms with Crippen molar-refractivity contribution in [1.82, 2.24) is 4.98 Å². The van der Waals surface area contributed by atoms with Crippen molar-refractivity contribution in [2.75, 3.05) is 6.61 Å². The molecule has 0 aliphatic carbocycles. The highest BCUT2D eigenvalue weighted by Gasteiger charge is 2.11. The van der Waals surface area contributed by atoms with Crippen molar-refractivity contribution in [3.8, 4) is 9.88 Å². The second kappa shape index (κ2) is 4.43. The Labute approximate surface area is 97.2 Å². The smallest absolute Gasteiger partial charge is 0.133 e. The molecule has 2 aromatic rings. The van der Waals surface area contributed by atoms with E-state index in [0.29, 0.717) is 0 Å². The van der Waals surface area contributed by atoms with Crippen molar-refractivity contribution in [2.24, 2.45) is 0 Å². The van der Waals surface area contributed by atoms with Gasteiger partial charge >= 0.3 is 0 Å². The quantitative estimate of drug-likeness (QED) is 0.891. The Morgan fingerprint density at radius 3 is 2.87 bits per heavy atom. The zero-order valence-electron chi connectivity index (χ0n) is 8.73. The molecule has 0 radical (unpaired) electrons. The summed E-state index contributed by atoms with van der Waals surface area (Å²) < 4.78 is 0. The average molecular weight is 239 g/mol. The molecule has 4 heteroatoms. The van der Waals surface area contributed by atoms with E-state index in [1.165, 1.54) is 9.75 Å². The predicted molar refractivity (Wildman–Crippen MR) is 65.7 cm³/mol. The van der Waals surface area contributed by atoms with Gasteiger partial charge in [0.25, 0.3) is 0 Å². The molecule has 1 atom stereocenters. The maximum atomic E-state index is 9.04. The van der Waals surface area contributed by atoms with Crippen LogP contribution >= 0.6 is 22.7 Å². The SMILES string of the molecule is Cc1ccc(-c2nc(C(C)CO)cs2)s1. The number of rotatable bonds is 3. The highest BCUT2D eigenvalue weighted by molar-refractivity contribution is 7.21. The lowest BCUT2D eigenvalue weighted by molar-refractivity contribution is 0.271. The van der Waals surface area contributed by atoms with Gasteiger partial charge in [-0.25, -0.2) is 4.98 Å². The zero-order valence-corrected chi connectivity index (χ0v) is 10.4. The third-order valence-electron chi connectivity index (χ3n) is 2.25. The van der Waals surface area contributed by atoms with Crippen LogP contribution in [0.25, 0.3) is 9.88 Å². The van der Waals surface area contributed by atoms with Crippen molar-refractivity contribution >= 4 is 22.7 Å². The lowest BCUT2D eigenvalue weighted by Crippen LogP contribution is -1.98. The summed E-state index contributed by atoms with van der Waals surface area (Å²) in [6.45, 7) is 4.24. The minimum absolute atomic E-state index is 0.135. The standard InChI is InChI=1S/C11H13NOS2/c1-7(5-13)9-6-14-11(12-9)10-4-3-8(2)15-10/h3-4,6-7,13H,5H2,1-2H3. The van der Waals surface area contributed by atoms with Gasteiger partial charge in [-0.3, -0.25) is 0 Å². The number of aliphatic hydroxyl groups is 1. The number of hydrogen-bond acceptors (Lipinski definition) is 4. The van der Waals surface area contributed by atoms with Gasteiger partial charge in [0.1, 0.15) is 5.01 Å². The molecule has 1 N–H and O–H groups in total. The summed E-state index contributed by atoms with van der Waals surface area (Å²) in [5.41, 5.74) is 0.989. The van der Waals surface area contributed by atoms with Gasteiger partial charge in [0, 0.05) is 16.2 Å². The van der Waals surface area contributed by atoms with Gasteiger partial charge in [0.05, 0.1) is 17.2 Å². The van der Waals surface area contributed by atoms with E-state index in [9.17, 15) is 0 Å². The molecule has 2 heterocycles. The molecule has 0 aromatic carbocycles. The van der Waals surface area contributed by atoms with Crippen LogP contribution in [-0.4, -0.2) is 16.7 Å². The summed E-state index contributed by atoms with van der Waals surface area (Å²) in [5.74, 6) is 0.135. The number of nitrogens with zero attached hydrogens (tertiary/aromatic N) is 1. The average Bonchev–Trinajstić information content (AvgIpc) is 2.84. The van der Waals surface area contributed by atoms with E-state index in [1.54, 1.807) is 22.7 Å². The van der Waals surface area contributed by atoms with Crippen LogP contribution in [0.4, 0.5) is 0 Å². The molecular formula is C11H13NOS2. The summed E-state index contributed by atoms with van der Waals surface area (Å²) in [4.78, 5) is 7.05. The van der Waals surface area contributed by atoms with Gasteiger partial charge in [0.2, 0.25) is 0 Å². The van der Waals surface area contributed by atoms with E-state index in [2.05, 4.69) is 24.0 Å². The van der Waals surface area contributed by atoms with Crippen LogP contribution in [0.2, 0.25) is 0 Å². The van der Waals surface area contributed by atoms with Crippen LogP contribution in [0, 0.1) is 6.92 Å². The summed E-state index contributed by atoms with van der Waals surface area (Å²) in [6, 6.07) is 4.21. The lowest BCUT2D eigenvalue weighted by atomic mass is 10.1. The number of thiophene rings is 1. The van der Waals surface area contributed by atoms with Crippen molar-refractivity contribution in [2.45, 2.75) is 19.8 Å². The fourth-order valence-corrected chi connectivity index (χ4v) is 3.15. The van der Waals surface area contributed by atoms with E-state index < -0.39 is 0 Å². The molecule has 0 saturated carbocycles. The molecule has 0 saturated heterocycles. The second-order valence-corrected chi connectivity index (χ2v) is 5.72. The minimum atomic E-state index is 0.135. The van der Waals surface area contributed by atoms with Gasteiger partial charge in [-0.1, -0.05) is 6.92 Å². The fraction of sp³-hybridized carbons (Fsp3) is 0.364. The van der Waals surface area contributed by atoms with Gasteiger partial charge in [-0.15, -0.1) is 22.7 Å². The van der Waals surface area contributed by atoms with Gasteiger partial charge in [-0.2, -0.15) is 0 Å². The second-order valence-electron chi connectivity index (χ2n) is 3.57. The van der Waals surface area contributed by atoms with Crippen LogP contribution in [-0.2, 0) is 0 Å². The molecule has 15 heavy (non-hydrogen) atoms. The van der Waals surface area contributed by atoms with E-state index in [0.717, 1.165) is 10.7 Å². The van der Waals surface area contributed by atoms with Crippen molar-refractivity contribution in [3.63, 3.8) is 0 Å². The van der Waals surface area contributed by atoms with E-state index in [-0.39, 0.29) is 12.5 Å². The highest BCUT2D eigenvalue weighted by atomic mass is 32.1. The van der Waals surface area contributed by atoms with E-state index in [4.69, 9.17) is 5.11 Å². The Kier molecular flexibility index (Phi) is 3.19. The van der Waals surface area contributed by atoms with Gasteiger partial charge in [-0.05, 0) is 19.1 Å². The number of hydrogen-bond donors (Lipinski definition) is 1. The third-order valence-corrected chi connectivity index (χ3v) is 4.28. The number of thiazole rings is 1. The van der Waals surface area contributed by atoms with Crippen LogP contribution in [0.5, 0.6) is 0 Å². The van der Waals surface area contributed by atoms with Crippen molar-refractivity contribution in [3.05, 3.63) is 28.1 Å². The van der Waals surface area contributed by atoms with Crippen LogP contribution in [0.1, 0.15) is 23.4 Å². The Hall–Kier alpha value is -0.710. The van der Waals surface area contributed by atoms with Crippen molar-refractivity contribution < 1.29 is 5.11 Å². The van der Waals surface area contributed by atoms with Crippen LogP contribution < -0.4 is 0 Å². The Morgan fingerprint density at radius 2 is 2.27 bits per heavy atom. The lowest BCUT2D eigenvalue weighted by Gasteiger charge is -2.01. The first-order valence-corrected chi connectivity index (χ1v) is 6.53. The molecule has 0 amide bonds. The molecule has 0 aliphatic rings. The van der Waals surface area contributed by atoms with Crippen LogP contribution in [0.15, 0.2) is 17.5 Å². The number of aliphatic hydroxyl groups excluding tert-OH is 1. The zero-order chi connectivity index (χ0) is 10.8. The Morgan fingerprint density at radius 1 is 1.47 bits per heavy atom. The first-order valence-electron chi connectivity index (χ1n) is 4.84. The first-order chi connectivity index (χ1) is 7.20. The van der Waals surface area contributed by atoms with Crippen molar-refractivity contribution in [1.29, 1.82) is 0 Å². The van der Waals surface area contributed by atoms with E-state index in [1.807, 2.05) is 12.3 Å². The normalized spacial score (nSPS) is 13.0. The Bertz CT molecular complexity index is 447. The van der Waals surface area contributed by atoms with E-state index >= 15 is 0 Å². The highest BCUT2D eigenvalue weighted by Crippen LogP contribution is 2.31. The predicted octanol–water partition coefficient (Wildman–Crippen LogP) is 3.28. The fourth-order valence-electron chi connectivity index (χ4n) is 1.27. The Balaban J connectivity index is 2.27. The topological polar surface area (TPSA) is 33.1 Å².